The minimum absolute atomic E-state index is 0.0605. The van der Waals surface area contributed by atoms with Gasteiger partial charge in [-0.2, -0.15) is 0 Å². The molecule has 1 aliphatic rings. The zero-order valence-electron chi connectivity index (χ0n) is 12.6. The van der Waals surface area contributed by atoms with Crippen LogP contribution in [0, 0.1) is 0 Å². The van der Waals surface area contributed by atoms with E-state index in [1.54, 1.807) is 31.2 Å². The predicted molar refractivity (Wildman–Crippen MR) is 82.5 cm³/mol. The van der Waals surface area contributed by atoms with Gasteiger partial charge in [0.1, 0.15) is 0 Å². The fraction of sp³-hybridized carbons (Fsp3) is 0.235. The van der Waals surface area contributed by atoms with Gasteiger partial charge in [-0.1, -0.05) is 12.1 Å². The third kappa shape index (κ3) is 2.89. The highest BCUT2D eigenvalue weighted by molar-refractivity contribution is 6.25. The van der Waals surface area contributed by atoms with Crippen LogP contribution >= 0.6 is 0 Å². The molecule has 1 atom stereocenters. The number of nitrogens with one attached hydrogen (secondary N) is 1. The highest BCUT2D eigenvalue weighted by Crippen LogP contribution is 2.26. The first-order valence-corrected chi connectivity index (χ1v) is 6.81. The largest absolute Gasteiger partial charge is 0.374 e. The van der Waals surface area contributed by atoms with Crippen molar-refractivity contribution in [2.45, 2.75) is 26.4 Å². The Morgan fingerprint density at radius 1 is 1.32 bits per heavy atom. The average molecular weight is 299 g/mol. The van der Waals surface area contributed by atoms with Gasteiger partial charge in [-0.25, -0.2) is 0 Å². The van der Waals surface area contributed by atoms with Crippen molar-refractivity contribution in [2.75, 3.05) is 5.32 Å². The quantitative estimate of drug-likeness (QED) is 0.507. The Morgan fingerprint density at radius 2 is 2.00 bits per heavy atom. The summed E-state index contributed by atoms with van der Waals surface area (Å²) in [6, 6.07) is 6.83. The topological polar surface area (TPSA) is 83.5 Å². The van der Waals surface area contributed by atoms with E-state index >= 15 is 0 Å². The van der Waals surface area contributed by atoms with Gasteiger partial charge in [-0.3, -0.25) is 14.4 Å². The molecule has 0 radical (unpaired) electrons. The molecule has 0 heterocycles. The lowest BCUT2D eigenvalue weighted by molar-refractivity contribution is -0.144. The molecule has 5 heteroatoms. The van der Waals surface area contributed by atoms with Gasteiger partial charge < -0.3 is 10.4 Å². The van der Waals surface area contributed by atoms with Crippen LogP contribution in [0.1, 0.15) is 31.1 Å². The zero-order valence-corrected chi connectivity index (χ0v) is 12.6. The van der Waals surface area contributed by atoms with Crippen molar-refractivity contribution in [1.29, 1.82) is 0 Å². The minimum atomic E-state index is -2.03. The second kappa shape index (κ2) is 5.69. The molecule has 0 spiro atoms. The standard InChI is InChI=1S/C17H17NO4/c1-10-7-15(20)17(3,22)16(21)14(10)9-18-13-6-4-5-12(8-13)11(2)19/h4-9,18,22H,1-3H3/b14-9-/t17-/m1/s1. The Kier molecular flexibility index (Phi) is 4.10. The molecule has 0 unspecified atom stereocenters. The van der Waals surface area contributed by atoms with E-state index in [0.717, 1.165) is 0 Å². The van der Waals surface area contributed by atoms with Crippen LogP contribution in [0.2, 0.25) is 0 Å². The van der Waals surface area contributed by atoms with E-state index in [4.69, 9.17) is 0 Å². The van der Waals surface area contributed by atoms with Crippen LogP contribution in [0.15, 0.2) is 47.7 Å². The Balaban J connectivity index is 2.32. The van der Waals surface area contributed by atoms with Crippen molar-refractivity contribution < 1.29 is 19.5 Å². The lowest BCUT2D eigenvalue weighted by Gasteiger charge is -2.25. The maximum absolute atomic E-state index is 12.2. The van der Waals surface area contributed by atoms with E-state index in [1.807, 2.05) is 0 Å². The summed E-state index contributed by atoms with van der Waals surface area (Å²) in [7, 11) is 0. The number of ketones is 3. The molecule has 0 aromatic heterocycles. The lowest BCUT2D eigenvalue weighted by atomic mass is 9.82. The first-order valence-electron chi connectivity index (χ1n) is 6.81. The zero-order chi connectivity index (χ0) is 16.5. The Bertz CT molecular complexity index is 726. The summed E-state index contributed by atoms with van der Waals surface area (Å²) < 4.78 is 0. The fourth-order valence-electron chi connectivity index (χ4n) is 2.13. The summed E-state index contributed by atoms with van der Waals surface area (Å²) in [6.07, 6.45) is 2.69. The number of allylic oxidation sites excluding steroid dienone is 1. The first kappa shape index (κ1) is 15.9. The summed E-state index contributed by atoms with van der Waals surface area (Å²) in [5.74, 6) is -1.33. The second-order valence-corrected chi connectivity index (χ2v) is 5.43. The van der Waals surface area contributed by atoms with Gasteiger partial charge in [-0.05, 0) is 44.6 Å². The number of anilines is 1. The molecule has 1 aliphatic carbocycles. The number of benzene rings is 1. The molecule has 0 saturated heterocycles. The summed E-state index contributed by atoms with van der Waals surface area (Å²) in [4.78, 5) is 35.2. The van der Waals surface area contributed by atoms with Crippen molar-refractivity contribution in [1.82, 2.24) is 0 Å². The number of carbonyl (C=O) groups is 3. The van der Waals surface area contributed by atoms with Crippen molar-refractivity contribution in [3.05, 3.63) is 53.3 Å². The van der Waals surface area contributed by atoms with E-state index in [-0.39, 0.29) is 11.4 Å². The fourth-order valence-corrected chi connectivity index (χ4v) is 2.13. The number of hydrogen-bond acceptors (Lipinski definition) is 5. The molecule has 0 bridgehead atoms. The molecule has 0 saturated carbocycles. The molecular formula is C17H17NO4. The first-order chi connectivity index (χ1) is 10.2. The van der Waals surface area contributed by atoms with Gasteiger partial charge in [0.05, 0.1) is 0 Å². The third-order valence-electron chi connectivity index (χ3n) is 3.59. The normalized spacial score (nSPS) is 23.5. The number of aliphatic hydroxyl groups is 1. The number of Topliss-reactive ketones (excluding diaryl/α,β-unsaturated/α-hetero) is 2. The van der Waals surface area contributed by atoms with E-state index in [2.05, 4.69) is 5.32 Å². The van der Waals surface area contributed by atoms with Gasteiger partial charge in [0.15, 0.2) is 17.2 Å². The Hall–Kier alpha value is -2.53. The summed E-state index contributed by atoms with van der Waals surface area (Å²) in [6.45, 7) is 4.29. The molecule has 114 valence electrons. The van der Waals surface area contributed by atoms with Crippen molar-refractivity contribution in [3.8, 4) is 0 Å². The number of hydrogen-bond donors (Lipinski definition) is 2. The van der Waals surface area contributed by atoms with Crippen LogP contribution in [0.5, 0.6) is 0 Å². The highest BCUT2D eigenvalue weighted by atomic mass is 16.3. The molecule has 0 aliphatic heterocycles. The summed E-state index contributed by atoms with van der Waals surface area (Å²) in [5.41, 5.74) is -0.131. The Morgan fingerprint density at radius 3 is 2.64 bits per heavy atom. The maximum atomic E-state index is 12.2. The molecule has 22 heavy (non-hydrogen) atoms. The summed E-state index contributed by atoms with van der Waals surface area (Å²) >= 11 is 0. The lowest BCUT2D eigenvalue weighted by Crippen LogP contribution is -2.46. The van der Waals surface area contributed by atoms with Crippen LogP contribution in [0.3, 0.4) is 0 Å². The molecule has 0 fully saturated rings. The molecule has 1 aromatic carbocycles. The molecule has 0 amide bonds. The third-order valence-corrected chi connectivity index (χ3v) is 3.59. The smallest absolute Gasteiger partial charge is 0.203 e. The second-order valence-electron chi connectivity index (χ2n) is 5.43. The van der Waals surface area contributed by atoms with Gasteiger partial charge in [0, 0.05) is 23.0 Å². The van der Waals surface area contributed by atoms with Crippen molar-refractivity contribution in [2.24, 2.45) is 0 Å². The van der Waals surface area contributed by atoms with Gasteiger partial charge in [0.2, 0.25) is 5.78 Å². The van der Waals surface area contributed by atoms with Crippen molar-refractivity contribution >= 4 is 23.0 Å². The molecule has 2 rings (SSSR count). The van der Waals surface area contributed by atoms with Crippen LogP contribution in [-0.4, -0.2) is 28.1 Å². The van der Waals surface area contributed by atoms with Gasteiger partial charge in [0.25, 0.3) is 0 Å². The van der Waals surface area contributed by atoms with E-state index in [1.165, 1.54) is 26.1 Å². The Labute approximate surface area is 128 Å². The average Bonchev–Trinajstić information content (AvgIpc) is 2.46. The van der Waals surface area contributed by atoms with E-state index < -0.39 is 17.2 Å². The van der Waals surface area contributed by atoms with Crippen LogP contribution in [-0.2, 0) is 9.59 Å². The minimum Gasteiger partial charge on any atom is -0.374 e. The van der Waals surface area contributed by atoms with Gasteiger partial charge in [-0.15, -0.1) is 0 Å². The van der Waals surface area contributed by atoms with E-state index in [0.29, 0.717) is 16.8 Å². The number of carbonyl (C=O) groups excluding carboxylic acids is 3. The molecular weight excluding hydrogens is 282 g/mol. The van der Waals surface area contributed by atoms with Crippen LogP contribution in [0.4, 0.5) is 5.69 Å². The van der Waals surface area contributed by atoms with Crippen LogP contribution in [0.25, 0.3) is 0 Å². The van der Waals surface area contributed by atoms with Crippen LogP contribution < -0.4 is 5.32 Å². The predicted octanol–water partition coefficient (Wildman–Crippen LogP) is 2.03. The SMILES string of the molecule is CC(=O)c1cccc(N/C=C2\C(=O)[C@](C)(O)C(=O)C=C2C)c1. The molecule has 1 aromatic rings. The maximum Gasteiger partial charge on any atom is 0.203 e. The van der Waals surface area contributed by atoms with Crippen molar-refractivity contribution in [3.63, 3.8) is 0 Å². The summed E-state index contributed by atoms with van der Waals surface area (Å²) in [5, 5.41) is 12.9. The highest BCUT2D eigenvalue weighted by Gasteiger charge is 2.42. The molecule has 5 nitrogen and oxygen atoms in total. The number of rotatable bonds is 3. The monoisotopic (exact) mass is 299 g/mol. The molecule has 2 N–H and O–H groups in total. The van der Waals surface area contributed by atoms with Gasteiger partial charge >= 0.3 is 0 Å². The van der Waals surface area contributed by atoms with E-state index in [9.17, 15) is 19.5 Å².